The largest absolute Gasteiger partial charge is 0.329 e. The van der Waals surface area contributed by atoms with Gasteiger partial charge in [-0.2, -0.15) is 0 Å². The molecule has 1 aromatic rings. The van der Waals surface area contributed by atoms with Crippen LogP contribution in [0.2, 0.25) is 5.02 Å². The van der Waals surface area contributed by atoms with E-state index in [1.54, 1.807) is 12.1 Å². The normalized spacial score (nSPS) is 23.6. The van der Waals surface area contributed by atoms with Crippen LogP contribution in [-0.2, 0) is 0 Å². The highest BCUT2D eigenvalue weighted by Gasteiger charge is 2.27. The summed E-state index contributed by atoms with van der Waals surface area (Å²) in [5.74, 6) is -0.380. The summed E-state index contributed by atoms with van der Waals surface area (Å²) in [5.41, 5.74) is 6.98. The van der Waals surface area contributed by atoms with Gasteiger partial charge in [0.1, 0.15) is 5.82 Å². The van der Waals surface area contributed by atoms with Gasteiger partial charge in [-0.1, -0.05) is 17.7 Å². The number of benzene rings is 1. The fraction of sp³-hybridized carbons (Fsp3) is 0.600. The van der Waals surface area contributed by atoms with Crippen LogP contribution in [-0.4, -0.2) is 49.1 Å². The molecule has 112 valence electrons. The van der Waals surface area contributed by atoms with Crippen molar-refractivity contribution >= 4 is 11.6 Å². The van der Waals surface area contributed by atoms with Crippen LogP contribution in [0, 0.1) is 5.82 Å². The molecule has 2 atom stereocenters. The number of rotatable bonds is 3. The average molecular weight is 300 g/mol. The van der Waals surface area contributed by atoms with Gasteiger partial charge < -0.3 is 10.6 Å². The molecule has 0 radical (unpaired) electrons. The van der Waals surface area contributed by atoms with Crippen LogP contribution in [0.25, 0.3) is 0 Å². The predicted molar refractivity (Wildman–Crippen MR) is 81.5 cm³/mol. The molecule has 5 heteroatoms. The number of nitrogens with zero attached hydrogens (tertiary/aromatic N) is 2. The first-order chi connectivity index (χ1) is 9.52. The van der Waals surface area contributed by atoms with E-state index in [1.165, 1.54) is 6.07 Å². The first kappa shape index (κ1) is 15.7. The fourth-order valence-corrected chi connectivity index (χ4v) is 3.23. The molecule has 1 fully saturated rings. The number of halogens is 2. The molecule has 3 nitrogen and oxygen atoms in total. The van der Waals surface area contributed by atoms with Gasteiger partial charge in [0.05, 0.1) is 5.02 Å². The topological polar surface area (TPSA) is 32.5 Å². The standard InChI is InChI=1S/C15H23ClFN3/c1-11-10-19(2)6-3-7-20(11)15(9-18)12-4-5-14(17)13(16)8-12/h4-5,8,11,15H,3,6-7,9-10,18H2,1-2H3. The Labute approximate surface area is 125 Å². The summed E-state index contributed by atoms with van der Waals surface area (Å²) >= 11 is 5.90. The Morgan fingerprint density at radius 3 is 2.85 bits per heavy atom. The molecule has 2 N–H and O–H groups in total. The van der Waals surface area contributed by atoms with E-state index in [4.69, 9.17) is 17.3 Å². The van der Waals surface area contributed by atoms with Crippen molar-refractivity contribution in [3.05, 3.63) is 34.6 Å². The Bertz CT molecular complexity index is 455. The zero-order valence-corrected chi connectivity index (χ0v) is 12.9. The van der Waals surface area contributed by atoms with Crippen LogP contribution in [0.5, 0.6) is 0 Å². The van der Waals surface area contributed by atoms with Gasteiger partial charge in [0.2, 0.25) is 0 Å². The van der Waals surface area contributed by atoms with E-state index in [-0.39, 0.29) is 16.9 Å². The lowest BCUT2D eigenvalue weighted by Crippen LogP contribution is -2.42. The molecule has 0 spiro atoms. The molecular formula is C15H23ClFN3. The minimum absolute atomic E-state index is 0.0922. The van der Waals surface area contributed by atoms with Gasteiger partial charge in [-0.05, 0) is 44.6 Å². The van der Waals surface area contributed by atoms with Crippen molar-refractivity contribution in [3.63, 3.8) is 0 Å². The zero-order chi connectivity index (χ0) is 14.7. The van der Waals surface area contributed by atoms with Gasteiger partial charge in [-0.25, -0.2) is 4.39 Å². The van der Waals surface area contributed by atoms with Crippen LogP contribution in [0.15, 0.2) is 18.2 Å². The second-order valence-electron chi connectivity index (χ2n) is 5.63. The maximum absolute atomic E-state index is 13.3. The quantitative estimate of drug-likeness (QED) is 0.931. The Balaban J connectivity index is 2.23. The second-order valence-corrected chi connectivity index (χ2v) is 6.03. The summed E-state index contributed by atoms with van der Waals surface area (Å²) in [6.45, 7) is 5.85. The van der Waals surface area contributed by atoms with Crippen LogP contribution in [0.3, 0.4) is 0 Å². The number of hydrogen-bond acceptors (Lipinski definition) is 3. The van der Waals surface area contributed by atoms with E-state index in [0.29, 0.717) is 12.6 Å². The SMILES string of the molecule is CC1CN(C)CCCN1C(CN)c1ccc(F)c(Cl)c1. The molecule has 0 aromatic heterocycles. The lowest BCUT2D eigenvalue weighted by molar-refractivity contribution is 0.146. The summed E-state index contributed by atoms with van der Waals surface area (Å²) in [6.07, 6.45) is 1.12. The third-order valence-electron chi connectivity index (χ3n) is 4.05. The molecule has 0 aliphatic carbocycles. The number of hydrogen-bond donors (Lipinski definition) is 1. The monoisotopic (exact) mass is 299 g/mol. The molecule has 1 aromatic carbocycles. The molecule has 2 unspecified atom stereocenters. The minimum Gasteiger partial charge on any atom is -0.329 e. The first-order valence-electron chi connectivity index (χ1n) is 7.12. The molecule has 2 rings (SSSR count). The Hall–Kier alpha value is -0.680. The maximum atomic E-state index is 13.3. The van der Waals surface area contributed by atoms with Crippen LogP contribution < -0.4 is 5.73 Å². The maximum Gasteiger partial charge on any atom is 0.141 e. The van der Waals surface area contributed by atoms with Gasteiger partial charge >= 0.3 is 0 Å². The lowest BCUT2D eigenvalue weighted by Gasteiger charge is -2.35. The molecule has 0 saturated carbocycles. The Morgan fingerprint density at radius 1 is 1.45 bits per heavy atom. The second kappa shape index (κ2) is 6.85. The van der Waals surface area contributed by atoms with E-state index in [2.05, 4.69) is 23.8 Å². The summed E-state index contributed by atoms with van der Waals surface area (Å²) in [6, 6.07) is 5.43. The smallest absolute Gasteiger partial charge is 0.141 e. The predicted octanol–water partition coefficient (Wildman–Crippen LogP) is 2.50. The number of nitrogens with two attached hydrogens (primary N) is 1. The van der Waals surface area contributed by atoms with E-state index in [1.807, 2.05) is 0 Å². The van der Waals surface area contributed by atoms with Crippen LogP contribution in [0.1, 0.15) is 24.9 Å². The van der Waals surface area contributed by atoms with E-state index in [9.17, 15) is 4.39 Å². The van der Waals surface area contributed by atoms with E-state index in [0.717, 1.165) is 31.6 Å². The summed E-state index contributed by atoms with van der Waals surface area (Å²) < 4.78 is 13.3. The Morgan fingerprint density at radius 2 is 2.20 bits per heavy atom. The van der Waals surface area contributed by atoms with Gasteiger partial charge in [-0.15, -0.1) is 0 Å². The van der Waals surface area contributed by atoms with Crippen molar-refractivity contribution in [1.29, 1.82) is 0 Å². The molecule has 1 saturated heterocycles. The third kappa shape index (κ3) is 3.50. The molecule has 20 heavy (non-hydrogen) atoms. The van der Waals surface area contributed by atoms with Gasteiger partial charge in [0.15, 0.2) is 0 Å². The fourth-order valence-electron chi connectivity index (χ4n) is 3.04. The van der Waals surface area contributed by atoms with Crippen molar-refractivity contribution in [1.82, 2.24) is 9.80 Å². The van der Waals surface area contributed by atoms with Crippen LogP contribution >= 0.6 is 11.6 Å². The van der Waals surface area contributed by atoms with Crippen molar-refractivity contribution < 1.29 is 4.39 Å². The Kier molecular flexibility index (Phi) is 5.38. The molecule has 1 aliphatic heterocycles. The number of likely N-dealkylation sites (N-methyl/N-ethyl adjacent to an activating group) is 1. The van der Waals surface area contributed by atoms with Gasteiger partial charge in [-0.3, -0.25) is 4.90 Å². The van der Waals surface area contributed by atoms with Crippen molar-refractivity contribution in [3.8, 4) is 0 Å². The first-order valence-corrected chi connectivity index (χ1v) is 7.50. The van der Waals surface area contributed by atoms with Gasteiger partial charge in [0.25, 0.3) is 0 Å². The van der Waals surface area contributed by atoms with E-state index < -0.39 is 0 Å². The zero-order valence-electron chi connectivity index (χ0n) is 12.1. The van der Waals surface area contributed by atoms with E-state index >= 15 is 0 Å². The summed E-state index contributed by atoms with van der Waals surface area (Å²) in [4.78, 5) is 4.75. The van der Waals surface area contributed by atoms with Crippen molar-refractivity contribution in [2.24, 2.45) is 5.73 Å². The highest BCUT2D eigenvalue weighted by Crippen LogP contribution is 2.27. The molecule has 1 aliphatic rings. The highest BCUT2D eigenvalue weighted by atomic mass is 35.5. The summed E-state index contributed by atoms with van der Waals surface area (Å²) in [5, 5.41) is 0.167. The molecule has 1 heterocycles. The average Bonchev–Trinajstić information content (AvgIpc) is 2.56. The van der Waals surface area contributed by atoms with Crippen molar-refractivity contribution in [2.75, 3.05) is 33.2 Å². The molecule has 0 bridgehead atoms. The van der Waals surface area contributed by atoms with Gasteiger partial charge in [0, 0.05) is 31.7 Å². The molecule has 0 amide bonds. The minimum atomic E-state index is -0.380. The third-order valence-corrected chi connectivity index (χ3v) is 4.34. The highest BCUT2D eigenvalue weighted by molar-refractivity contribution is 6.30. The van der Waals surface area contributed by atoms with Crippen molar-refractivity contribution in [2.45, 2.75) is 25.4 Å². The lowest BCUT2D eigenvalue weighted by atomic mass is 10.0. The summed E-state index contributed by atoms with van der Waals surface area (Å²) in [7, 11) is 2.15. The molecular weight excluding hydrogens is 277 g/mol. The van der Waals surface area contributed by atoms with Crippen LogP contribution in [0.4, 0.5) is 4.39 Å².